The van der Waals surface area contributed by atoms with Crippen molar-refractivity contribution in [3.8, 4) is 0 Å². The van der Waals surface area contributed by atoms with Crippen LogP contribution in [0.4, 0.5) is 0 Å². The Morgan fingerprint density at radius 1 is 1.42 bits per heavy atom. The highest BCUT2D eigenvalue weighted by atomic mass is 16.1. The van der Waals surface area contributed by atoms with E-state index in [1.54, 1.807) is 0 Å². The van der Waals surface area contributed by atoms with Crippen LogP contribution < -0.4 is 5.73 Å². The second kappa shape index (κ2) is 4.45. The lowest BCUT2D eigenvalue weighted by Crippen LogP contribution is -2.39. The molecule has 0 heterocycles. The van der Waals surface area contributed by atoms with Crippen molar-refractivity contribution in [2.45, 2.75) is 38.1 Å². The number of carbonyl (C=O) groups excluding carboxylic acids is 1. The fourth-order valence-corrected chi connectivity index (χ4v) is 1.90. The van der Waals surface area contributed by atoms with E-state index in [0.29, 0.717) is 12.6 Å². The molecule has 1 rings (SSSR count). The van der Waals surface area contributed by atoms with E-state index in [-0.39, 0.29) is 5.91 Å². The molecule has 1 aliphatic carbocycles. The lowest BCUT2D eigenvalue weighted by atomic mass is 9.94. The summed E-state index contributed by atoms with van der Waals surface area (Å²) in [4.78, 5) is 12.7. The third kappa shape index (κ3) is 2.81. The molecule has 0 aromatic carbocycles. The zero-order valence-corrected chi connectivity index (χ0v) is 7.75. The van der Waals surface area contributed by atoms with Crippen LogP contribution in [0.25, 0.3) is 0 Å². The Hall–Kier alpha value is -0.570. The van der Waals surface area contributed by atoms with Crippen molar-refractivity contribution < 1.29 is 4.79 Å². The number of amides is 1. The fraction of sp³-hybridized carbons (Fsp3) is 0.889. The highest BCUT2D eigenvalue weighted by molar-refractivity contribution is 5.75. The van der Waals surface area contributed by atoms with Crippen molar-refractivity contribution >= 4 is 5.91 Å². The van der Waals surface area contributed by atoms with Crippen molar-refractivity contribution in [2.24, 2.45) is 5.73 Å². The molecule has 1 fully saturated rings. The average Bonchev–Trinajstić information content (AvgIpc) is 2.05. The predicted octanol–water partition coefficient (Wildman–Crippen LogP) is 0.736. The maximum absolute atomic E-state index is 10.6. The van der Waals surface area contributed by atoms with Gasteiger partial charge in [-0.25, -0.2) is 0 Å². The second-order valence-electron chi connectivity index (χ2n) is 3.67. The molecular formula is C9H18N2O. The fourth-order valence-electron chi connectivity index (χ4n) is 1.90. The zero-order chi connectivity index (χ0) is 8.97. The Kier molecular flexibility index (Phi) is 3.53. The van der Waals surface area contributed by atoms with Crippen LogP contribution in [-0.2, 0) is 4.79 Å². The molecule has 70 valence electrons. The van der Waals surface area contributed by atoms with Gasteiger partial charge in [-0.3, -0.25) is 9.69 Å². The van der Waals surface area contributed by atoms with E-state index >= 15 is 0 Å². The number of primary amides is 1. The van der Waals surface area contributed by atoms with E-state index in [9.17, 15) is 4.79 Å². The van der Waals surface area contributed by atoms with Crippen LogP contribution in [0.2, 0.25) is 0 Å². The summed E-state index contributed by atoms with van der Waals surface area (Å²) in [6.07, 6.45) is 6.40. The summed E-state index contributed by atoms with van der Waals surface area (Å²) < 4.78 is 0. The predicted molar refractivity (Wildman–Crippen MR) is 48.7 cm³/mol. The van der Waals surface area contributed by atoms with Crippen molar-refractivity contribution in [1.29, 1.82) is 0 Å². The lowest BCUT2D eigenvalue weighted by molar-refractivity contribution is -0.119. The quantitative estimate of drug-likeness (QED) is 0.679. The lowest BCUT2D eigenvalue weighted by Gasteiger charge is -2.30. The molecule has 1 aliphatic rings. The van der Waals surface area contributed by atoms with Crippen LogP contribution in [0, 0.1) is 0 Å². The molecule has 0 aromatic rings. The number of nitrogens with two attached hydrogens (primary N) is 1. The maximum atomic E-state index is 10.6. The van der Waals surface area contributed by atoms with Gasteiger partial charge in [0.05, 0.1) is 6.54 Å². The Morgan fingerprint density at radius 3 is 2.50 bits per heavy atom. The van der Waals surface area contributed by atoms with Gasteiger partial charge in [0, 0.05) is 6.04 Å². The van der Waals surface area contributed by atoms with Crippen molar-refractivity contribution in [3.05, 3.63) is 0 Å². The minimum atomic E-state index is -0.219. The number of carbonyl (C=O) groups is 1. The molecule has 12 heavy (non-hydrogen) atoms. The first-order valence-electron chi connectivity index (χ1n) is 4.68. The molecule has 1 saturated carbocycles. The van der Waals surface area contributed by atoms with E-state index in [1.807, 2.05) is 7.05 Å². The van der Waals surface area contributed by atoms with E-state index in [1.165, 1.54) is 32.1 Å². The van der Waals surface area contributed by atoms with Gasteiger partial charge in [-0.1, -0.05) is 19.3 Å². The molecule has 0 atom stereocenters. The minimum Gasteiger partial charge on any atom is -0.369 e. The summed E-state index contributed by atoms with van der Waals surface area (Å²) in [6, 6.07) is 0.589. The molecule has 0 aliphatic heterocycles. The molecule has 0 radical (unpaired) electrons. The van der Waals surface area contributed by atoms with Crippen molar-refractivity contribution in [1.82, 2.24) is 4.90 Å². The van der Waals surface area contributed by atoms with Crippen molar-refractivity contribution in [3.63, 3.8) is 0 Å². The first-order valence-corrected chi connectivity index (χ1v) is 4.68. The zero-order valence-electron chi connectivity index (χ0n) is 7.75. The van der Waals surface area contributed by atoms with Gasteiger partial charge >= 0.3 is 0 Å². The van der Waals surface area contributed by atoms with Gasteiger partial charge < -0.3 is 5.73 Å². The van der Waals surface area contributed by atoms with Gasteiger partial charge in [0.1, 0.15) is 0 Å². The molecule has 0 aromatic heterocycles. The SMILES string of the molecule is CN(CC(N)=O)C1CCCCC1. The number of hydrogen-bond acceptors (Lipinski definition) is 2. The topological polar surface area (TPSA) is 46.3 Å². The molecule has 0 spiro atoms. The van der Waals surface area contributed by atoms with Gasteiger partial charge in [-0.15, -0.1) is 0 Å². The molecule has 0 unspecified atom stereocenters. The summed E-state index contributed by atoms with van der Waals surface area (Å²) in [6.45, 7) is 0.407. The normalized spacial score (nSPS) is 19.8. The highest BCUT2D eigenvalue weighted by Crippen LogP contribution is 2.20. The van der Waals surface area contributed by atoms with Crippen LogP contribution in [0.15, 0.2) is 0 Å². The summed E-state index contributed by atoms with van der Waals surface area (Å²) >= 11 is 0. The third-order valence-corrected chi connectivity index (χ3v) is 2.60. The number of rotatable bonds is 3. The standard InChI is InChI=1S/C9H18N2O/c1-11(7-9(10)12)8-5-3-2-4-6-8/h8H,2-7H2,1H3,(H2,10,12). The third-order valence-electron chi connectivity index (χ3n) is 2.60. The summed E-state index contributed by atoms with van der Waals surface area (Å²) in [5.41, 5.74) is 5.12. The summed E-state index contributed by atoms with van der Waals surface area (Å²) in [7, 11) is 1.99. The number of likely N-dealkylation sites (N-methyl/N-ethyl adjacent to an activating group) is 1. The van der Waals surface area contributed by atoms with Crippen LogP contribution in [0.3, 0.4) is 0 Å². The molecule has 0 saturated heterocycles. The maximum Gasteiger partial charge on any atom is 0.231 e. The van der Waals surface area contributed by atoms with E-state index < -0.39 is 0 Å². The summed E-state index contributed by atoms with van der Waals surface area (Å²) in [5, 5.41) is 0. The average molecular weight is 170 g/mol. The van der Waals surface area contributed by atoms with Crippen molar-refractivity contribution in [2.75, 3.05) is 13.6 Å². The largest absolute Gasteiger partial charge is 0.369 e. The van der Waals surface area contributed by atoms with Gasteiger partial charge in [0.2, 0.25) is 5.91 Å². The molecule has 0 bridgehead atoms. The van der Waals surface area contributed by atoms with Crippen LogP contribution in [0.5, 0.6) is 0 Å². The first kappa shape index (κ1) is 9.52. The second-order valence-corrected chi connectivity index (χ2v) is 3.67. The van der Waals surface area contributed by atoms with Gasteiger partial charge in [-0.2, -0.15) is 0 Å². The molecule has 3 nitrogen and oxygen atoms in total. The molecule has 1 amide bonds. The number of nitrogens with zero attached hydrogens (tertiary/aromatic N) is 1. The van der Waals surface area contributed by atoms with Gasteiger partial charge in [-0.05, 0) is 19.9 Å². The Bertz CT molecular complexity index is 153. The summed E-state index contributed by atoms with van der Waals surface area (Å²) in [5.74, 6) is -0.219. The van der Waals surface area contributed by atoms with Crippen LogP contribution in [0.1, 0.15) is 32.1 Å². The highest BCUT2D eigenvalue weighted by Gasteiger charge is 2.18. The molecule has 3 heteroatoms. The van der Waals surface area contributed by atoms with E-state index in [4.69, 9.17) is 5.73 Å². The Labute approximate surface area is 73.9 Å². The first-order chi connectivity index (χ1) is 5.70. The van der Waals surface area contributed by atoms with Gasteiger partial charge in [0.25, 0.3) is 0 Å². The Morgan fingerprint density at radius 2 is 2.00 bits per heavy atom. The smallest absolute Gasteiger partial charge is 0.231 e. The van der Waals surface area contributed by atoms with Gasteiger partial charge in [0.15, 0.2) is 0 Å². The van der Waals surface area contributed by atoms with Crippen LogP contribution >= 0.6 is 0 Å². The molecule has 2 N–H and O–H groups in total. The number of hydrogen-bond donors (Lipinski definition) is 1. The minimum absolute atomic E-state index is 0.219. The monoisotopic (exact) mass is 170 g/mol. The van der Waals surface area contributed by atoms with E-state index in [0.717, 1.165) is 0 Å². The molecular weight excluding hydrogens is 152 g/mol. The van der Waals surface area contributed by atoms with Crippen LogP contribution in [-0.4, -0.2) is 30.4 Å². The Balaban J connectivity index is 2.29. The van der Waals surface area contributed by atoms with E-state index in [2.05, 4.69) is 4.90 Å².